The van der Waals surface area contributed by atoms with Gasteiger partial charge in [-0.15, -0.1) is 9.12 Å². The zero-order chi connectivity index (χ0) is 11.2. The van der Waals surface area contributed by atoms with Crippen LogP contribution < -0.4 is 0 Å². The van der Waals surface area contributed by atoms with Gasteiger partial charge in [-0.2, -0.15) is 0 Å². The Balaban J connectivity index is 4.26. The molecule has 84 valence electrons. The van der Waals surface area contributed by atoms with Crippen LogP contribution in [0.2, 0.25) is 0 Å². The highest BCUT2D eigenvalue weighted by Gasteiger charge is 2.27. The minimum Gasteiger partial charge on any atom is -0.425 e. The SMILES string of the molecule is CC(C)OP(=O)(COBP)OC(C)C. The first-order chi connectivity index (χ1) is 6.39. The van der Waals surface area contributed by atoms with E-state index in [1.54, 1.807) is 0 Å². The van der Waals surface area contributed by atoms with E-state index in [4.69, 9.17) is 13.7 Å². The maximum Gasteiger partial charge on any atom is 0.354 e. The van der Waals surface area contributed by atoms with Gasteiger partial charge in [-0.25, -0.2) is 0 Å². The molecule has 0 aromatic rings. The van der Waals surface area contributed by atoms with Crippen molar-refractivity contribution in [3.8, 4) is 0 Å². The molecule has 7 heteroatoms. The average molecular weight is 240 g/mol. The highest BCUT2D eigenvalue weighted by Crippen LogP contribution is 2.50. The standard InChI is InChI=1S/C7H19BO4P2/c1-6(2)11-14(9,5-10-8-13)12-7(3)4/h6-8H,5,13H2,1-4H3. The fourth-order valence-corrected chi connectivity index (χ4v) is 2.99. The Kier molecular flexibility index (Phi) is 7.28. The van der Waals surface area contributed by atoms with Crippen LogP contribution in [0.15, 0.2) is 0 Å². The summed E-state index contributed by atoms with van der Waals surface area (Å²) in [5.74, 6) is 0. The second-order valence-corrected chi connectivity index (χ2v) is 5.65. The Labute approximate surface area is 89.0 Å². The molecule has 0 heterocycles. The summed E-state index contributed by atoms with van der Waals surface area (Å²) in [5.41, 5.74) is 0. The normalized spacial score (nSPS) is 12.5. The van der Waals surface area contributed by atoms with E-state index in [0.717, 1.165) is 0 Å². The van der Waals surface area contributed by atoms with Crippen molar-refractivity contribution in [2.24, 2.45) is 0 Å². The van der Waals surface area contributed by atoms with E-state index in [-0.39, 0.29) is 18.6 Å². The summed E-state index contributed by atoms with van der Waals surface area (Å²) in [6.07, 6.45) is -0.257. The van der Waals surface area contributed by atoms with Crippen LogP contribution in [0.4, 0.5) is 0 Å². The third-order valence-electron chi connectivity index (χ3n) is 1.11. The summed E-state index contributed by atoms with van der Waals surface area (Å²) in [4.78, 5) is 0. The van der Waals surface area contributed by atoms with Crippen molar-refractivity contribution in [1.29, 1.82) is 0 Å². The highest BCUT2D eigenvalue weighted by atomic mass is 31.2. The number of rotatable bonds is 7. The first-order valence-electron chi connectivity index (χ1n) is 4.63. The highest BCUT2D eigenvalue weighted by molar-refractivity contribution is 7.55. The fourth-order valence-electron chi connectivity index (χ4n) is 0.893. The fraction of sp³-hybridized carbons (Fsp3) is 1.00. The molecular formula is C7H19BO4P2. The van der Waals surface area contributed by atoms with E-state index in [9.17, 15) is 4.57 Å². The van der Waals surface area contributed by atoms with Gasteiger partial charge >= 0.3 is 7.60 Å². The number of hydrogen-bond donors (Lipinski definition) is 0. The summed E-state index contributed by atoms with van der Waals surface area (Å²) in [6, 6.07) is 0. The second-order valence-electron chi connectivity index (χ2n) is 3.42. The molecular weight excluding hydrogens is 221 g/mol. The van der Waals surface area contributed by atoms with Crippen LogP contribution in [0, 0.1) is 0 Å². The second kappa shape index (κ2) is 6.97. The topological polar surface area (TPSA) is 44.8 Å². The Morgan fingerprint density at radius 2 is 1.64 bits per heavy atom. The van der Waals surface area contributed by atoms with E-state index in [2.05, 4.69) is 9.12 Å². The molecule has 0 saturated carbocycles. The van der Waals surface area contributed by atoms with Gasteiger partial charge in [-0.3, -0.25) is 4.57 Å². The monoisotopic (exact) mass is 240 g/mol. The van der Waals surface area contributed by atoms with Gasteiger partial charge in [0.05, 0.1) is 12.2 Å². The summed E-state index contributed by atoms with van der Waals surface area (Å²) < 4.78 is 27.6. The van der Waals surface area contributed by atoms with Crippen molar-refractivity contribution in [3.05, 3.63) is 0 Å². The van der Waals surface area contributed by atoms with Crippen LogP contribution >= 0.6 is 16.7 Å². The molecule has 0 saturated heterocycles. The molecule has 0 fully saturated rings. The minimum atomic E-state index is -3.08. The molecule has 4 nitrogen and oxygen atoms in total. The molecule has 1 atom stereocenters. The zero-order valence-corrected chi connectivity index (χ0v) is 11.3. The first kappa shape index (κ1) is 14.6. The van der Waals surface area contributed by atoms with Crippen LogP contribution in [0.5, 0.6) is 0 Å². The quantitative estimate of drug-likeness (QED) is 0.505. The molecule has 0 aliphatic carbocycles. The third-order valence-corrected chi connectivity index (χ3v) is 3.33. The van der Waals surface area contributed by atoms with Crippen LogP contribution in [0.25, 0.3) is 0 Å². The van der Waals surface area contributed by atoms with E-state index in [0.29, 0.717) is 7.20 Å². The van der Waals surface area contributed by atoms with E-state index in [1.165, 1.54) is 0 Å². The van der Waals surface area contributed by atoms with Gasteiger partial charge in [0, 0.05) is 0 Å². The Bertz CT molecular complexity index is 184. The Morgan fingerprint density at radius 1 is 1.21 bits per heavy atom. The number of hydrogen-bond acceptors (Lipinski definition) is 4. The molecule has 0 radical (unpaired) electrons. The largest absolute Gasteiger partial charge is 0.425 e. The third kappa shape index (κ3) is 6.97. The van der Waals surface area contributed by atoms with Gasteiger partial charge in [-0.1, -0.05) is 0 Å². The van der Waals surface area contributed by atoms with Crippen molar-refractivity contribution in [3.63, 3.8) is 0 Å². The predicted molar refractivity (Wildman–Crippen MR) is 62.9 cm³/mol. The van der Waals surface area contributed by atoms with Crippen molar-refractivity contribution >= 4 is 23.9 Å². The lowest BCUT2D eigenvalue weighted by atomic mass is 10.5. The lowest BCUT2D eigenvalue weighted by Crippen LogP contribution is -2.11. The van der Waals surface area contributed by atoms with Crippen LogP contribution in [0.3, 0.4) is 0 Å². The summed E-state index contributed by atoms with van der Waals surface area (Å²) in [7, 11) is -0.268. The van der Waals surface area contributed by atoms with Crippen LogP contribution in [0.1, 0.15) is 27.7 Å². The van der Waals surface area contributed by atoms with Gasteiger partial charge in [0.2, 0.25) is 0 Å². The van der Waals surface area contributed by atoms with Crippen molar-refractivity contribution in [2.45, 2.75) is 39.9 Å². The Morgan fingerprint density at radius 3 is 1.93 bits per heavy atom. The van der Waals surface area contributed by atoms with E-state index in [1.807, 2.05) is 27.7 Å². The predicted octanol–water partition coefficient (Wildman–Crippen LogP) is 2.15. The lowest BCUT2D eigenvalue weighted by molar-refractivity contribution is 0.130. The molecule has 0 bridgehead atoms. The Hall–Kier alpha value is 0.605. The summed E-state index contributed by atoms with van der Waals surface area (Å²) >= 11 is 0. The van der Waals surface area contributed by atoms with Gasteiger partial charge in [0.1, 0.15) is 6.35 Å². The van der Waals surface area contributed by atoms with Crippen LogP contribution in [-0.4, -0.2) is 25.8 Å². The average Bonchev–Trinajstić information content (AvgIpc) is 1.97. The molecule has 0 N–H and O–H groups in total. The molecule has 0 spiro atoms. The zero-order valence-electron chi connectivity index (χ0n) is 9.23. The molecule has 0 aliphatic rings. The molecule has 0 amide bonds. The molecule has 0 aromatic heterocycles. The van der Waals surface area contributed by atoms with Gasteiger partial charge in [-0.05, 0) is 27.7 Å². The lowest BCUT2D eigenvalue weighted by Gasteiger charge is -2.22. The van der Waals surface area contributed by atoms with E-state index < -0.39 is 7.60 Å². The summed E-state index contributed by atoms with van der Waals surface area (Å²) in [6.45, 7) is 7.27. The minimum absolute atomic E-state index is 0.00681. The molecule has 0 rings (SSSR count). The summed E-state index contributed by atoms with van der Waals surface area (Å²) in [5, 5.41) is 0. The smallest absolute Gasteiger partial charge is 0.354 e. The molecule has 14 heavy (non-hydrogen) atoms. The van der Waals surface area contributed by atoms with Gasteiger partial charge < -0.3 is 13.7 Å². The van der Waals surface area contributed by atoms with Gasteiger partial charge in [0.15, 0.2) is 0 Å². The molecule has 0 aromatic carbocycles. The van der Waals surface area contributed by atoms with Crippen molar-refractivity contribution < 1.29 is 18.3 Å². The van der Waals surface area contributed by atoms with Crippen LogP contribution in [-0.2, 0) is 18.3 Å². The van der Waals surface area contributed by atoms with E-state index >= 15 is 0 Å². The van der Waals surface area contributed by atoms with Gasteiger partial charge in [0.25, 0.3) is 7.20 Å². The molecule has 1 unspecified atom stereocenters. The maximum atomic E-state index is 12.0. The molecule has 0 aliphatic heterocycles. The first-order valence-corrected chi connectivity index (χ1v) is 7.17. The van der Waals surface area contributed by atoms with Crippen molar-refractivity contribution in [1.82, 2.24) is 0 Å². The maximum absolute atomic E-state index is 12.0. The van der Waals surface area contributed by atoms with Crippen molar-refractivity contribution in [2.75, 3.05) is 6.35 Å².